The number of fused-ring (bicyclic) bond motifs is 5. The van der Waals surface area contributed by atoms with Crippen LogP contribution < -0.4 is 25.8 Å². The molecule has 1 heterocycles. The first kappa shape index (κ1) is 23.1. The Morgan fingerprint density at radius 1 is 0.938 bits per heavy atom. The Morgan fingerprint density at radius 3 is 2.19 bits per heavy atom. The van der Waals surface area contributed by atoms with Crippen molar-refractivity contribution in [3.63, 3.8) is 0 Å². The van der Waals surface area contributed by atoms with Gasteiger partial charge in [-0.3, -0.25) is 9.59 Å². The molecule has 0 fully saturated rings. The van der Waals surface area contributed by atoms with E-state index in [1.807, 2.05) is 12.1 Å². The summed E-state index contributed by atoms with van der Waals surface area (Å²) < 4.78 is 15.9. The minimum absolute atomic E-state index is 0.178. The van der Waals surface area contributed by atoms with Gasteiger partial charge in [0.2, 0.25) is 11.8 Å². The smallest absolute Gasteiger partial charge is 0.328 e. The maximum Gasteiger partial charge on any atom is 0.328 e. The number of esters is 1. The summed E-state index contributed by atoms with van der Waals surface area (Å²) in [6.07, 6.45) is 0.178. The molecule has 32 heavy (non-hydrogen) atoms. The Labute approximate surface area is 186 Å². The zero-order valence-corrected chi connectivity index (χ0v) is 18.4. The molecule has 0 saturated heterocycles. The summed E-state index contributed by atoms with van der Waals surface area (Å²) in [5, 5.41) is 5.24. The highest BCUT2D eigenvalue weighted by atomic mass is 16.5. The van der Waals surface area contributed by atoms with E-state index in [9.17, 15) is 14.4 Å². The molecule has 0 spiro atoms. The summed E-state index contributed by atoms with van der Waals surface area (Å²) in [4.78, 5) is 37.7. The average Bonchev–Trinajstić information content (AvgIpc) is 2.81. The number of carbonyl (C=O) groups is 3. The number of benzene rings is 2. The van der Waals surface area contributed by atoms with Gasteiger partial charge in [-0.25, -0.2) is 4.79 Å². The number of ether oxygens (including phenoxy) is 3. The van der Waals surface area contributed by atoms with Crippen LogP contribution in [0.15, 0.2) is 36.4 Å². The minimum Gasteiger partial charge on any atom is -0.496 e. The van der Waals surface area contributed by atoms with Gasteiger partial charge in [0.15, 0.2) is 0 Å². The molecule has 9 nitrogen and oxygen atoms in total. The van der Waals surface area contributed by atoms with Crippen molar-refractivity contribution in [1.29, 1.82) is 0 Å². The lowest BCUT2D eigenvalue weighted by molar-refractivity contribution is -0.145. The lowest BCUT2D eigenvalue weighted by atomic mass is 9.94. The van der Waals surface area contributed by atoms with Crippen LogP contribution in [-0.2, 0) is 25.5 Å². The molecule has 2 aromatic rings. The van der Waals surface area contributed by atoms with E-state index in [1.165, 1.54) is 14.0 Å². The first-order chi connectivity index (χ1) is 15.3. The lowest BCUT2D eigenvalue weighted by Gasteiger charge is -2.23. The number of hydrogen-bond acceptors (Lipinski definition) is 7. The van der Waals surface area contributed by atoms with Gasteiger partial charge in [0.1, 0.15) is 29.6 Å². The molecule has 2 amide bonds. The number of hydrogen-bond donors (Lipinski definition) is 3. The topological polar surface area (TPSA) is 129 Å². The number of amides is 2. The Bertz CT molecular complexity index is 1040. The van der Waals surface area contributed by atoms with E-state index in [0.717, 1.165) is 5.56 Å². The van der Waals surface area contributed by atoms with Crippen LogP contribution in [0.25, 0.3) is 11.1 Å². The van der Waals surface area contributed by atoms with Crippen molar-refractivity contribution >= 4 is 17.8 Å². The molecule has 3 rings (SSSR count). The first-order valence-electron chi connectivity index (χ1n) is 10.1. The van der Waals surface area contributed by atoms with Gasteiger partial charge in [-0.1, -0.05) is 12.1 Å². The second-order valence-corrected chi connectivity index (χ2v) is 7.49. The third-order valence-electron chi connectivity index (χ3n) is 5.41. The molecule has 1 aliphatic heterocycles. The van der Waals surface area contributed by atoms with Gasteiger partial charge < -0.3 is 30.6 Å². The number of nitrogens with two attached hydrogens (primary N) is 1. The molecular formula is C23H27N3O6. The van der Waals surface area contributed by atoms with Crippen molar-refractivity contribution < 1.29 is 28.6 Å². The SMILES string of the molecule is COC(=O)C1Cc2ccc(OC)c(c2)-c2cc(ccc2OC)C(N)C(=O)NC(C)C(=O)N1. The van der Waals surface area contributed by atoms with E-state index in [1.54, 1.807) is 38.5 Å². The normalized spacial score (nSPS) is 21.0. The number of carbonyl (C=O) groups excluding carboxylic acids is 3. The van der Waals surface area contributed by atoms with Crippen molar-refractivity contribution in [2.45, 2.75) is 31.5 Å². The second-order valence-electron chi connectivity index (χ2n) is 7.49. The first-order valence-corrected chi connectivity index (χ1v) is 10.1. The molecule has 0 aromatic heterocycles. The summed E-state index contributed by atoms with van der Waals surface area (Å²) >= 11 is 0. The van der Waals surface area contributed by atoms with Crippen LogP contribution in [0.3, 0.4) is 0 Å². The summed E-state index contributed by atoms with van der Waals surface area (Å²) in [6, 6.07) is 7.74. The molecule has 0 aliphatic carbocycles. The molecule has 9 heteroatoms. The summed E-state index contributed by atoms with van der Waals surface area (Å²) in [7, 11) is 4.34. The van der Waals surface area contributed by atoms with Crippen LogP contribution in [-0.4, -0.2) is 51.2 Å². The van der Waals surface area contributed by atoms with Crippen LogP contribution >= 0.6 is 0 Å². The molecule has 170 valence electrons. The van der Waals surface area contributed by atoms with Gasteiger partial charge in [0, 0.05) is 17.5 Å². The van der Waals surface area contributed by atoms with E-state index >= 15 is 0 Å². The fourth-order valence-corrected chi connectivity index (χ4v) is 3.61. The maximum atomic E-state index is 12.7. The van der Waals surface area contributed by atoms with Crippen LogP contribution in [0.4, 0.5) is 0 Å². The van der Waals surface area contributed by atoms with E-state index in [4.69, 9.17) is 19.9 Å². The maximum absolute atomic E-state index is 12.7. The van der Waals surface area contributed by atoms with Gasteiger partial charge in [-0.15, -0.1) is 0 Å². The van der Waals surface area contributed by atoms with E-state index in [2.05, 4.69) is 10.6 Å². The lowest BCUT2D eigenvalue weighted by Crippen LogP contribution is -2.52. The van der Waals surface area contributed by atoms with Crippen LogP contribution in [0.1, 0.15) is 24.1 Å². The minimum atomic E-state index is -1.02. The van der Waals surface area contributed by atoms with Gasteiger partial charge in [0.25, 0.3) is 0 Å². The standard InChI is InChI=1S/C23H27N3O6/c1-12-21(27)26-17(23(29)32-4)10-13-5-7-18(30-2)15(9-13)16-11-14(6-8-19(16)31-3)20(24)22(28)25-12/h5-9,11-12,17,20H,10,24H2,1-4H3,(H,25,28)(H,26,27). The van der Waals surface area contributed by atoms with E-state index in [0.29, 0.717) is 28.2 Å². The molecule has 3 atom stereocenters. The number of nitrogens with one attached hydrogen (secondary N) is 2. The predicted octanol–water partition coefficient (Wildman–Crippen LogP) is 1.09. The van der Waals surface area contributed by atoms with Gasteiger partial charge in [-0.05, 0) is 42.3 Å². The number of methoxy groups -OCH3 is 3. The molecular weight excluding hydrogens is 414 g/mol. The van der Waals surface area contributed by atoms with Crippen molar-refractivity contribution in [3.05, 3.63) is 47.5 Å². The highest BCUT2D eigenvalue weighted by molar-refractivity contribution is 5.92. The van der Waals surface area contributed by atoms with Crippen LogP contribution in [0.5, 0.6) is 11.5 Å². The third kappa shape index (κ3) is 4.67. The molecule has 1 aliphatic rings. The molecule has 0 radical (unpaired) electrons. The molecule has 4 bridgehead atoms. The summed E-state index contributed by atoms with van der Waals surface area (Å²) in [5.41, 5.74) is 8.87. The fraction of sp³-hybridized carbons (Fsp3) is 0.348. The molecule has 0 saturated carbocycles. The van der Waals surface area contributed by atoms with Crippen molar-refractivity contribution in [2.24, 2.45) is 5.73 Å². The van der Waals surface area contributed by atoms with Gasteiger partial charge in [0.05, 0.1) is 21.3 Å². The zero-order chi connectivity index (χ0) is 23.4. The van der Waals surface area contributed by atoms with Crippen LogP contribution in [0, 0.1) is 0 Å². The Morgan fingerprint density at radius 2 is 1.56 bits per heavy atom. The Hall–Kier alpha value is -3.59. The van der Waals surface area contributed by atoms with E-state index < -0.39 is 35.9 Å². The highest BCUT2D eigenvalue weighted by Gasteiger charge is 2.28. The van der Waals surface area contributed by atoms with E-state index in [-0.39, 0.29) is 6.42 Å². The highest BCUT2D eigenvalue weighted by Crippen LogP contribution is 2.38. The Balaban J connectivity index is 2.21. The quantitative estimate of drug-likeness (QED) is 0.608. The molecule has 4 N–H and O–H groups in total. The monoisotopic (exact) mass is 441 g/mol. The van der Waals surface area contributed by atoms with Gasteiger partial charge in [-0.2, -0.15) is 0 Å². The molecule has 2 aromatic carbocycles. The molecule has 3 unspecified atom stereocenters. The van der Waals surface area contributed by atoms with Crippen LogP contribution in [0.2, 0.25) is 0 Å². The largest absolute Gasteiger partial charge is 0.496 e. The van der Waals surface area contributed by atoms with Crippen molar-refractivity contribution in [3.8, 4) is 22.6 Å². The van der Waals surface area contributed by atoms with Crippen molar-refractivity contribution in [2.75, 3.05) is 21.3 Å². The fourth-order valence-electron chi connectivity index (χ4n) is 3.61. The average molecular weight is 441 g/mol. The summed E-state index contributed by atoms with van der Waals surface area (Å²) in [5.74, 6) is -0.521. The summed E-state index contributed by atoms with van der Waals surface area (Å²) in [6.45, 7) is 1.52. The third-order valence-corrected chi connectivity index (χ3v) is 5.41. The number of rotatable bonds is 3. The Kier molecular flexibility index (Phi) is 6.99. The van der Waals surface area contributed by atoms with Gasteiger partial charge >= 0.3 is 5.97 Å². The van der Waals surface area contributed by atoms with Crippen molar-refractivity contribution in [1.82, 2.24) is 10.6 Å². The second kappa shape index (κ2) is 9.69. The predicted molar refractivity (Wildman–Crippen MR) is 117 cm³/mol. The zero-order valence-electron chi connectivity index (χ0n) is 18.4.